The van der Waals surface area contributed by atoms with Crippen molar-refractivity contribution in [3.8, 4) is 11.5 Å². The minimum absolute atomic E-state index is 0.425. The highest BCUT2D eigenvalue weighted by Gasteiger charge is 2.09. The number of ether oxygens (including phenoxy) is 1. The van der Waals surface area contributed by atoms with Gasteiger partial charge < -0.3 is 4.74 Å². The Hall–Kier alpha value is -0.990. The molecule has 0 aliphatic carbocycles. The monoisotopic (exact) mass is 338 g/mol. The Kier molecular flexibility index (Phi) is 4.89. The van der Waals surface area contributed by atoms with E-state index in [1.165, 1.54) is 5.56 Å². The van der Waals surface area contributed by atoms with Crippen LogP contribution in [0.3, 0.4) is 0 Å². The lowest BCUT2D eigenvalue weighted by Gasteiger charge is -2.14. The lowest BCUT2D eigenvalue weighted by Crippen LogP contribution is -1.94. The number of alkyl halides is 1. The van der Waals surface area contributed by atoms with Gasteiger partial charge in [0.15, 0.2) is 0 Å². The summed E-state index contributed by atoms with van der Waals surface area (Å²) in [5.74, 6) is 2.08. The number of benzene rings is 2. The van der Waals surface area contributed by atoms with Gasteiger partial charge in [-0.3, -0.25) is 0 Å². The molecule has 2 aromatic carbocycles. The molecule has 0 saturated heterocycles. The molecule has 0 bridgehead atoms. The molecular weight excluding hydrogens is 324 g/mol. The van der Waals surface area contributed by atoms with Gasteiger partial charge in [-0.2, -0.15) is 0 Å². The summed E-state index contributed by atoms with van der Waals surface area (Å²) < 4.78 is 5.95. The van der Waals surface area contributed by atoms with E-state index in [-0.39, 0.29) is 0 Å². The number of hydrogen-bond acceptors (Lipinski definition) is 1. The lowest BCUT2D eigenvalue weighted by molar-refractivity contribution is 0.473. The number of para-hydroxylation sites is 1. The molecule has 1 nitrogen and oxygen atoms in total. The second-order valence-electron chi connectivity index (χ2n) is 4.68. The van der Waals surface area contributed by atoms with Crippen LogP contribution in [0.2, 0.25) is 5.02 Å². The molecule has 2 aromatic rings. The largest absolute Gasteiger partial charge is 0.457 e. The van der Waals surface area contributed by atoms with E-state index >= 15 is 0 Å². The first kappa shape index (κ1) is 14.4. The molecule has 0 spiro atoms. The maximum Gasteiger partial charge on any atom is 0.130 e. The minimum atomic E-state index is 0.425. The van der Waals surface area contributed by atoms with E-state index in [4.69, 9.17) is 16.3 Å². The van der Waals surface area contributed by atoms with Crippen LogP contribution in [0.1, 0.15) is 30.9 Å². The molecule has 0 aromatic heterocycles. The summed E-state index contributed by atoms with van der Waals surface area (Å²) in [6, 6.07) is 13.9. The maximum atomic E-state index is 6.19. The average molecular weight is 340 g/mol. The van der Waals surface area contributed by atoms with Gasteiger partial charge in [0.05, 0.1) is 0 Å². The summed E-state index contributed by atoms with van der Waals surface area (Å²) >= 11 is 9.59. The van der Waals surface area contributed by atoms with Crippen LogP contribution in [0.5, 0.6) is 11.5 Å². The Balaban J connectivity index is 2.29. The Morgan fingerprint density at radius 2 is 1.89 bits per heavy atom. The highest BCUT2D eigenvalue weighted by Crippen LogP contribution is 2.32. The van der Waals surface area contributed by atoms with E-state index < -0.39 is 0 Å². The van der Waals surface area contributed by atoms with Crippen molar-refractivity contribution in [1.82, 2.24) is 0 Å². The fourth-order valence-corrected chi connectivity index (χ4v) is 2.77. The van der Waals surface area contributed by atoms with E-state index in [1.807, 2.05) is 36.4 Å². The Bertz CT molecular complexity index is 566. The molecule has 0 unspecified atom stereocenters. The normalized spacial score (nSPS) is 10.8. The van der Waals surface area contributed by atoms with Crippen LogP contribution in [0, 0.1) is 0 Å². The third-order valence-corrected chi connectivity index (χ3v) is 3.89. The Morgan fingerprint density at radius 3 is 2.53 bits per heavy atom. The predicted molar refractivity (Wildman–Crippen MR) is 84.7 cm³/mol. The molecule has 0 heterocycles. The summed E-state index contributed by atoms with van der Waals surface area (Å²) in [6.07, 6.45) is 0. The van der Waals surface area contributed by atoms with Crippen LogP contribution < -0.4 is 4.74 Å². The molecule has 0 fully saturated rings. The van der Waals surface area contributed by atoms with E-state index in [9.17, 15) is 0 Å². The number of halogens is 2. The summed E-state index contributed by atoms with van der Waals surface area (Å²) in [7, 11) is 0. The van der Waals surface area contributed by atoms with Crippen LogP contribution in [0.25, 0.3) is 0 Å². The fourth-order valence-electron chi connectivity index (χ4n) is 1.88. The Morgan fingerprint density at radius 1 is 1.16 bits per heavy atom. The zero-order valence-electron chi connectivity index (χ0n) is 11.0. The van der Waals surface area contributed by atoms with Gasteiger partial charge in [0.2, 0.25) is 0 Å². The van der Waals surface area contributed by atoms with Crippen LogP contribution in [0.15, 0.2) is 42.5 Å². The molecule has 2 rings (SSSR count). The zero-order valence-corrected chi connectivity index (χ0v) is 13.3. The molecule has 0 N–H and O–H groups in total. The van der Waals surface area contributed by atoms with Crippen molar-refractivity contribution in [2.75, 3.05) is 0 Å². The number of rotatable bonds is 4. The van der Waals surface area contributed by atoms with Gasteiger partial charge in [0, 0.05) is 10.4 Å². The zero-order chi connectivity index (χ0) is 13.8. The first-order valence-electron chi connectivity index (χ1n) is 6.23. The van der Waals surface area contributed by atoms with Gasteiger partial charge in [0.1, 0.15) is 11.5 Å². The summed E-state index contributed by atoms with van der Waals surface area (Å²) in [5, 5.41) is 1.46. The SMILES string of the molecule is CC(C)c1ccccc1Oc1ccc(CBr)c(Cl)c1. The lowest BCUT2D eigenvalue weighted by atomic mass is 10.0. The molecule has 0 amide bonds. The van der Waals surface area contributed by atoms with Crippen molar-refractivity contribution >= 4 is 27.5 Å². The van der Waals surface area contributed by atoms with E-state index in [0.29, 0.717) is 5.92 Å². The quantitative estimate of drug-likeness (QED) is 0.607. The first-order chi connectivity index (χ1) is 9.11. The highest BCUT2D eigenvalue weighted by atomic mass is 79.9. The van der Waals surface area contributed by atoms with Crippen molar-refractivity contribution in [2.45, 2.75) is 25.1 Å². The molecule has 0 aliphatic rings. The molecule has 0 saturated carbocycles. The molecule has 100 valence electrons. The van der Waals surface area contributed by atoms with E-state index in [0.717, 1.165) is 27.4 Å². The minimum Gasteiger partial charge on any atom is -0.457 e. The summed E-state index contributed by atoms with van der Waals surface area (Å²) in [6.45, 7) is 4.31. The van der Waals surface area contributed by atoms with Crippen molar-refractivity contribution < 1.29 is 4.74 Å². The van der Waals surface area contributed by atoms with Crippen LogP contribution in [-0.2, 0) is 5.33 Å². The van der Waals surface area contributed by atoms with Crippen molar-refractivity contribution in [3.05, 3.63) is 58.6 Å². The van der Waals surface area contributed by atoms with Crippen LogP contribution in [0.4, 0.5) is 0 Å². The summed E-state index contributed by atoms with van der Waals surface area (Å²) in [4.78, 5) is 0. The third kappa shape index (κ3) is 3.52. The van der Waals surface area contributed by atoms with Gasteiger partial charge in [-0.1, -0.05) is 65.6 Å². The van der Waals surface area contributed by atoms with Crippen LogP contribution >= 0.6 is 27.5 Å². The van der Waals surface area contributed by atoms with Crippen molar-refractivity contribution in [1.29, 1.82) is 0 Å². The van der Waals surface area contributed by atoms with E-state index in [2.05, 4.69) is 35.8 Å². The number of hydrogen-bond donors (Lipinski definition) is 0. The Labute approximate surface area is 127 Å². The molecule has 0 atom stereocenters. The van der Waals surface area contributed by atoms with Gasteiger partial charge in [0.25, 0.3) is 0 Å². The van der Waals surface area contributed by atoms with Crippen LogP contribution in [-0.4, -0.2) is 0 Å². The topological polar surface area (TPSA) is 9.23 Å². The molecule has 19 heavy (non-hydrogen) atoms. The second kappa shape index (κ2) is 6.44. The third-order valence-electron chi connectivity index (χ3n) is 2.94. The molecule has 0 aliphatic heterocycles. The van der Waals surface area contributed by atoms with Gasteiger partial charge in [-0.15, -0.1) is 0 Å². The fraction of sp³-hybridized carbons (Fsp3) is 0.250. The average Bonchev–Trinajstić information content (AvgIpc) is 2.39. The maximum absolute atomic E-state index is 6.19. The molecule has 0 radical (unpaired) electrons. The molecular formula is C16H16BrClO. The second-order valence-corrected chi connectivity index (χ2v) is 5.65. The standard InChI is InChI=1S/C16H16BrClO/c1-11(2)14-5-3-4-6-16(14)19-13-8-7-12(10-17)15(18)9-13/h3-9,11H,10H2,1-2H3. The predicted octanol–water partition coefficient (Wildman–Crippen LogP) is 6.15. The van der Waals surface area contributed by atoms with E-state index in [1.54, 1.807) is 0 Å². The highest BCUT2D eigenvalue weighted by molar-refractivity contribution is 9.08. The van der Waals surface area contributed by atoms with Gasteiger partial charge >= 0.3 is 0 Å². The van der Waals surface area contributed by atoms with Crippen molar-refractivity contribution in [3.63, 3.8) is 0 Å². The first-order valence-corrected chi connectivity index (χ1v) is 7.73. The van der Waals surface area contributed by atoms with Gasteiger partial charge in [-0.05, 0) is 35.2 Å². The summed E-state index contributed by atoms with van der Waals surface area (Å²) in [5.41, 5.74) is 2.26. The smallest absolute Gasteiger partial charge is 0.130 e. The van der Waals surface area contributed by atoms with Gasteiger partial charge in [-0.25, -0.2) is 0 Å². The van der Waals surface area contributed by atoms with Crippen molar-refractivity contribution in [2.24, 2.45) is 0 Å². The molecule has 3 heteroatoms.